The van der Waals surface area contributed by atoms with Crippen LogP contribution in [0.2, 0.25) is 0 Å². The Morgan fingerprint density at radius 1 is 1.09 bits per heavy atom. The van der Waals surface area contributed by atoms with E-state index in [4.69, 9.17) is 14.0 Å². The van der Waals surface area contributed by atoms with Gasteiger partial charge < -0.3 is 19.3 Å². The van der Waals surface area contributed by atoms with E-state index in [1.54, 1.807) is 24.3 Å². The number of rotatable bonds is 8. The van der Waals surface area contributed by atoms with Crippen molar-refractivity contribution in [2.75, 3.05) is 26.3 Å². The van der Waals surface area contributed by atoms with E-state index in [0.29, 0.717) is 24.5 Å². The summed E-state index contributed by atoms with van der Waals surface area (Å²) in [5.41, 5.74) is 4.70. The molecule has 4 rings (SSSR count). The molecule has 0 saturated carbocycles. The first-order valence-corrected chi connectivity index (χ1v) is 10.9. The number of carbonyl (C=O) groups is 1. The standard InChI is InChI=1S/C25H29N3O4/c1-18-24(19(2)32-27-18)17-31-23-8-6-22(7-9-23)25(29)26-15-20-4-3-5-21(14-20)16-28-10-12-30-13-11-28/h3-9,14H,10-13,15-17H2,1-2H3,(H,26,29). The monoisotopic (exact) mass is 435 g/mol. The molecule has 0 spiro atoms. The molecule has 2 heterocycles. The molecule has 1 N–H and O–H groups in total. The van der Waals surface area contributed by atoms with Crippen molar-refractivity contribution in [3.8, 4) is 5.75 Å². The van der Waals surface area contributed by atoms with E-state index in [2.05, 4.69) is 27.5 Å². The van der Waals surface area contributed by atoms with Gasteiger partial charge in [0, 0.05) is 31.7 Å². The Morgan fingerprint density at radius 2 is 1.84 bits per heavy atom. The van der Waals surface area contributed by atoms with Crippen molar-refractivity contribution in [3.05, 3.63) is 82.2 Å². The van der Waals surface area contributed by atoms with Crippen LogP contribution in [0.1, 0.15) is 38.5 Å². The van der Waals surface area contributed by atoms with Crippen LogP contribution in [0.5, 0.6) is 5.75 Å². The first-order chi connectivity index (χ1) is 15.6. The number of aromatic nitrogens is 1. The molecule has 1 saturated heterocycles. The number of carbonyl (C=O) groups excluding carboxylic acids is 1. The highest BCUT2D eigenvalue weighted by atomic mass is 16.5. The fraction of sp³-hybridized carbons (Fsp3) is 0.360. The van der Waals surface area contributed by atoms with Crippen molar-refractivity contribution in [3.63, 3.8) is 0 Å². The van der Waals surface area contributed by atoms with Crippen LogP contribution in [0, 0.1) is 13.8 Å². The third-order valence-corrected chi connectivity index (χ3v) is 5.64. The van der Waals surface area contributed by atoms with Gasteiger partial charge in [-0.2, -0.15) is 0 Å². The van der Waals surface area contributed by atoms with Crippen LogP contribution in [0.25, 0.3) is 0 Å². The van der Waals surface area contributed by atoms with Crippen LogP contribution >= 0.6 is 0 Å². The summed E-state index contributed by atoms with van der Waals surface area (Å²) in [6, 6.07) is 15.5. The molecular formula is C25H29N3O4. The molecule has 0 aliphatic carbocycles. The lowest BCUT2D eigenvalue weighted by Crippen LogP contribution is -2.35. The number of morpholine rings is 1. The molecule has 0 bridgehead atoms. The fourth-order valence-electron chi connectivity index (χ4n) is 3.71. The third-order valence-electron chi connectivity index (χ3n) is 5.64. The average Bonchev–Trinajstić information content (AvgIpc) is 3.14. The Hall–Kier alpha value is -3.16. The Bertz CT molecular complexity index is 1020. The Balaban J connectivity index is 1.28. The Kier molecular flexibility index (Phi) is 7.19. The van der Waals surface area contributed by atoms with Gasteiger partial charge in [0.1, 0.15) is 18.1 Å². The number of nitrogens with zero attached hydrogens (tertiary/aromatic N) is 2. The van der Waals surface area contributed by atoms with Crippen LogP contribution < -0.4 is 10.1 Å². The summed E-state index contributed by atoms with van der Waals surface area (Å²) in [4.78, 5) is 15.0. The number of hydrogen-bond donors (Lipinski definition) is 1. The Morgan fingerprint density at radius 3 is 2.56 bits per heavy atom. The highest BCUT2D eigenvalue weighted by Crippen LogP contribution is 2.18. The average molecular weight is 436 g/mol. The molecule has 1 amide bonds. The zero-order valence-electron chi connectivity index (χ0n) is 18.6. The van der Waals surface area contributed by atoms with Crippen molar-refractivity contribution in [2.24, 2.45) is 0 Å². The SMILES string of the molecule is Cc1noc(C)c1COc1ccc(C(=O)NCc2cccc(CN3CCOCC3)c2)cc1. The lowest BCUT2D eigenvalue weighted by atomic mass is 10.1. The van der Waals surface area contributed by atoms with Gasteiger partial charge in [-0.3, -0.25) is 9.69 Å². The van der Waals surface area contributed by atoms with Crippen molar-refractivity contribution >= 4 is 5.91 Å². The zero-order valence-corrected chi connectivity index (χ0v) is 18.6. The molecule has 2 aromatic carbocycles. The van der Waals surface area contributed by atoms with Crippen LogP contribution in [0.4, 0.5) is 0 Å². The third kappa shape index (κ3) is 5.75. The van der Waals surface area contributed by atoms with Gasteiger partial charge in [0.25, 0.3) is 5.91 Å². The number of benzene rings is 2. The second-order valence-corrected chi connectivity index (χ2v) is 8.01. The number of nitrogens with one attached hydrogen (secondary N) is 1. The molecule has 7 heteroatoms. The van der Waals surface area contributed by atoms with Gasteiger partial charge >= 0.3 is 0 Å². The molecule has 7 nitrogen and oxygen atoms in total. The maximum Gasteiger partial charge on any atom is 0.251 e. The molecule has 32 heavy (non-hydrogen) atoms. The number of ether oxygens (including phenoxy) is 2. The van der Waals surface area contributed by atoms with E-state index >= 15 is 0 Å². The van der Waals surface area contributed by atoms with Crippen molar-refractivity contribution in [1.29, 1.82) is 0 Å². The Labute approximate surface area is 188 Å². The summed E-state index contributed by atoms with van der Waals surface area (Å²) in [7, 11) is 0. The smallest absolute Gasteiger partial charge is 0.251 e. The molecule has 1 aromatic heterocycles. The maximum atomic E-state index is 12.6. The van der Waals surface area contributed by atoms with Crippen LogP contribution in [-0.4, -0.2) is 42.3 Å². The van der Waals surface area contributed by atoms with Gasteiger partial charge in [-0.25, -0.2) is 0 Å². The molecule has 3 aromatic rings. The van der Waals surface area contributed by atoms with Gasteiger partial charge in [-0.05, 0) is 49.2 Å². The summed E-state index contributed by atoms with van der Waals surface area (Å²) < 4.78 is 16.4. The number of hydrogen-bond acceptors (Lipinski definition) is 6. The first kappa shape index (κ1) is 22.0. The second kappa shape index (κ2) is 10.4. The van der Waals surface area contributed by atoms with E-state index in [1.165, 1.54) is 5.56 Å². The maximum absolute atomic E-state index is 12.6. The second-order valence-electron chi connectivity index (χ2n) is 8.01. The predicted octanol–water partition coefficient (Wildman–Crippen LogP) is 3.63. The molecule has 0 atom stereocenters. The molecule has 1 fully saturated rings. The lowest BCUT2D eigenvalue weighted by Gasteiger charge is -2.26. The van der Waals surface area contributed by atoms with Crippen LogP contribution in [-0.2, 0) is 24.4 Å². The number of aryl methyl sites for hydroxylation is 2. The van der Waals surface area contributed by atoms with Gasteiger partial charge in [0.2, 0.25) is 0 Å². The highest BCUT2D eigenvalue weighted by Gasteiger charge is 2.12. The largest absolute Gasteiger partial charge is 0.489 e. The van der Waals surface area contributed by atoms with E-state index in [9.17, 15) is 4.79 Å². The van der Waals surface area contributed by atoms with Crippen LogP contribution in [0.15, 0.2) is 53.1 Å². The minimum Gasteiger partial charge on any atom is -0.489 e. The summed E-state index contributed by atoms with van der Waals surface area (Å²) >= 11 is 0. The van der Waals surface area contributed by atoms with Gasteiger partial charge in [-0.1, -0.05) is 29.4 Å². The van der Waals surface area contributed by atoms with Gasteiger partial charge in [0.15, 0.2) is 0 Å². The summed E-state index contributed by atoms with van der Waals surface area (Å²) in [5.74, 6) is 1.34. The zero-order chi connectivity index (χ0) is 22.3. The normalized spacial score (nSPS) is 14.3. The number of amides is 1. The van der Waals surface area contributed by atoms with Crippen LogP contribution in [0.3, 0.4) is 0 Å². The first-order valence-electron chi connectivity index (χ1n) is 10.9. The van der Waals surface area contributed by atoms with Crippen molar-refractivity contribution in [2.45, 2.75) is 33.5 Å². The van der Waals surface area contributed by atoms with Gasteiger partial charge in [-0.15, -0.1) is 0 Å². The quantitative estimate of drug-likeness (QED) is 0.582. The predicted molar refractivity (Wildman–Crippen MR) is 120 cm³/mol. The topological polar surface area (TPSA) is 76.8 Å². The minimum absolute atomic E-state index is 0.110. The highest BCUT2D eigenvalue weighted by molar-refractivity contribution is 5.94. The summed E-state index contributed by atoms with van der Waals surface area (Å²) in [6.45, 7) is 9.02. The minimum atomic E-state index is -0.110. The van der Waals surface area contributed by atoms with Crippen molar-refractivity contribution < 1.29 is 18.8 Å². The molecular weight excluding hydrogens is 406 g/mol. The summed E-state index contributed by atoms with van der Waals surface area (Å²) in [6.07, 6.45) is 0. The van der Waals surface area contributed by atoms with E-state index in [0.717, 1.165) is 55.4 Å². The van der Waals surface area contributed by atoms with E-state index in [-0.39, 0.29) is 5.91 Å². The van der Waals surface area contributed by atoms with E-state index < -0.39 is 0 Å². The molecule has 0 unspecified atom stereocenters. The van der Waals surface area contributed by atoms with E-state index in [1.807, 2.05) is 26.0 Å². The molecule has 1 aliphatic heterocycles. The lowest BCUT2D eigenvalue weighted by molar-refractivity contribution is 0.0342. The molecule has 168 valence electrons. The van der Waals surface area contributed by atoms with Gasteiger partial charge in [0.05, 0.1) is 24.5 Å². The molecule has 0 radical (unpaired) electrons. The summed E-state index contributed by atoms with van der Waals surface area (Å²) in [5, 5.41) is 6.93. The molecule has 1 aliphatic rings. The van der Waals surface area contributed by atoms with Crippen molar-refractivity contribution in [1.82, 2.24) is 15.4 Å². The fourth-order valence-corrected chi connectivity index (χ4v) is 3.71.